The highest BCUT2D eigenvalue weighted by atomic mass is 16.5. The number of carbonyl (C=O) groups excluding carboxylic acids is 2. The SMILES string of the molecule is COc1ccc2cc3n(c2c1)C[C@@](C)(C(=O)NC1CCCCCCC1)N(Cc1ccco1)C3=O. The number of ether oxygens (including phenoxy) is 1. The van der Waals surface area contributed by atoms with Crippen molar-refractivity contribution in [3.63, 3.8) is 0 Å². The summed E-state index contributed by atoms with van der Waals surface area (Å²) < 4.78 is 13.0. The second kappa shape index (κ2) is 9.20. The first-order valence-corrected chi connectivity index (χ1v) is 12.3. The number of hydrogen-bond donors (Lipinski definition) is 1. The average Bonchev–Trinajstić information content (AvgIpc) is 3.46. The van der Waals surface area contributed by atoms with Crippen molar-refractivity contribution in [3.8, 4) is 5.75 Å². The summed E-state index contributed by atoms with van der Waals surface area (Å²) in [5, 5.41) is 4.27. The summed E-state index contributed by atoms with van der Waals surface area (Å²) in [5.41, 5.74) is 0.408. The van der Waals surface area contributed by atoms with Crippen LogP contribution in [0.1, 0.15) is 68.1 Å². The quantitative estimate of drug-likeness (QED) is 0.585. The van der Waals surface area contributed by atoms with Gasteiger partial charge in [-0.3, -0.25) is 9.59 Å². The standard InChI is InChI=1S/C27H33N3O4/c1-27(26(32)28-20-9-6-4-3-5-7-10-20)18-29-23-16-21(33-2)13-12-19(23)15-24(29)25(31)30(27)17-22-11-8-14-34-22/h8,11-16,20H,3-7,9-10,17-18H2,1-2H3,(H,28,32)/t27-/m0/s1. The summed E-state index contributed by atoms with van der Waals surface area (Å²) in [4.78, 5) is 29.4. The summed E-state index contributed by atoms with van der Waals surface area (Å²) in [6.07, 6.45) is 9.54. The van der Waals surface area contributed by atoms with Crippen molar-refractivity contribution in [2.24, 2.45) is 0 Å². The fourth-order valence-electron chi connectivity index (χ4n) is 5.40. The molecule has 1 fully saturated rings. The van der Waals surface area contributed by atoms with E-state index in [1.165, 1.54) is 19.3 Å². The molecule has 2 aliphatic rings. The molecule has 0 spiro atoms. The number of nitrogens with one attached hydrogen (secondary N) is 1. The maximum atomic E-state index is 13.9. The number of fused-ring (bicyclic) bond motifs is 3. The number of carbonyl (C=O) groups is 2. The van der Waals surface area contributed by atoms with Gasteiger partial charge < -0.3 is 23.9 Å². The zero-order valence-electron chi connectivity index (χ0n) is 20.0. The minimum atomic E-state index is -1.06. The third kappa shape index (κ3) is 4.08. The Kier molecular flexibility index (Phi) is 6.11. The van der Waals surface area contributed by atoms with E-state index < -0.39 is 5.54 Å². The molecule has 7 nitrogen and oxygen atoms in total. The molecule has 1 atom stereocenters. The molecule has 0 radical (unpaired) electrons. The molecule has 2 amide bonds. The summed E-state index contributed by atoms with van der Waals surface area (Å²) in [7, 11) is 1.63. The maximum absolute atomic E-state index is 13.9. The van der Waals surface area contributed by atoms with Gasteiger partial charge in [-0.2, -0.15) is 0 Å². The van der Waals surface area contributed by atoms with Crippen LogP contribution in [0.5, 0.6) is 5.75 Å². The van der Waals surface area contributed by atoms with E-state index in [-0.39, 0.29) is 24.4 Å². The van der Waals surface area contributed by atoms with Crippen molar-refractivity contribution < 1.29 is 18.7 Å². The molecule has 1 aliphatic heterocycles. The van der Waals surface area contributed by atoms with Gasteiger partial charge in [-0.05, 0) is 50.1 Å². The van der Waals surface area contributed by atoms with E-state index in [1.54, 1.807) is 24.3 Å². The second-order valence-corrected chi connectivity index (χ2v) is 9.80. The van der Waals surface area contributed by atoms with E-state index in [0.717, 1.165) is 42.3 Å². The fraction of sp³-hybridized carbons (Fsp3) is 0.481. The molecule has 3 aromatic rings. The van der Waals surface area contributed by atoms with Crippen molar-refractivity contribution in [1.82, 2.24) is 14.8 Å². The lowest BCUT2D eigenvalue weighted by Crippen LogP contribution is -2.64. The van der Waals surface area contributed by atoms with E-state index in [2.05, 4.69) is 5.32 Å². The molecule has 2 aromatic heterocycles. The number of furan rings is 1. The van der Waals surface area contributed by atoms with Crippen molar-refractivity contribution in [1.29, 1.82) is 0 Å². The average molecular weight is 464 g/mol. The summed E-state index contributed by atoms with van der Waals surface area (Å²) in [5.74, 6) is 1.10. The van der Waals surface area contributed by atoms with Crippen LogP contribution in [-0.4, -0.2) is 40.0 Å². The van der Waals surface area contributed by atoms with Crippen LogP contribution < -0.4 is 10.1 Å². The molecule has 0 unspecified atom stereocenters. The molecular formula is C27H33N3O4. The summed E-state index contributed by atoms with van der Waals surface area (Å²) >= 11 is 0. The molecule has 1 aromatic carbocycles. The molecule has 0 saturated heterocycles. The smallest absolute Gasteiger partial charge is 0.271 e. The lowest BCUT2D eigenvalue weighted by atomic mass is 9.92. The van der Waals surface area contributed by atoms with E-state index in [9.17, 15) is 9.59 Å². The topological polar surface area (TPSA) is 76.7 Å². The molecule has 34 heavy (non-hydrogen) atoms. The molecule has 7 heteroatoms. The van der Waals surface area contributed by atoms with Gasteiger partial charge in [0.2, 0.25) is 5.91 Å². The van der Waals surface area contributed by atoms with Crippen LogP contribution in [0.3, 0.4) is 0 Å². The Morgan fingerprint density at radius 3 is 2.62 bits per heavy atom. The maximum Gasteiger partial charge on any atom is 0.271 e. The number of hydrogen-bond acceptors (Lipinski definition) is 4. The van der Waals surface area contributed by atoms with Crippen molar-refractivity contribution in [2.75, 3.05) is 7.11 Å². The highest BCUT2D eigenvalue weighted by Gasteiger charge is 2.48. The summed E-state index contributed by atoms with van der Waals surface area (Å²) in [6, 6.07) is 11.5. The number of aromatic nitrogens is 1. The van der Waals surface area contributed by atoms with Gasteiger partial charge in [0.15, 0.2) is 0 Å². The second-order valence-electron chi connectivity index (χ2n) is 9.80. The van der Waals surface area contributed by atoms with Crippen LogP contribution in [0.4, 0.5) is 0 Å². The first kappa shape index (κ1) is 22.6. The van der Waals surface area contributed by atoms with E-state index in [0.29, 0.717) is 18.0 Å². The number of benzene rings is 1. The van der Waals surface area contributed by atoms with Gasteiger partial charge in [-0.15, -0.1) is 0 Å². The van der Waals surface area contributed by atoms with Crippen molar-refractivity contribution >= 4 is 22.7 Å². The third-order valence-electron chi connectivity index (χ3n) is 7.46. The van der Waals surface area contributed by atoms with Crippen LogP contribution in [-0.2, 0) is 17.9 Å². The molecule has 0 bridgehead atoms. The Morgan fingerprint density at radius 2 is 1.91 bits per heavy atom. The number of methoxy groups -OCH3 is 1. The van der Waals surface area contributed by atoms with Gasteiger partial charge in [0, 0.05) is 17.5 Å². The molecule has 1 N–H and O–H groups in total. The molecule has 3 heterocycles. The zero-order valence-corrected chi connectivity index (χ0v) is 20.0. The van der Waals surface area contributed by atoms with Gasteiger partial charge in [-0.25, -0.2) is 0 Å². The molecule has 1 aliphatic carbocycles. The van der Waals surface area contributed by atoms with Crippen LogP contribution in [0.15, 0.2) is 47.1 Å². The predicted molar refractivity (Wildman–Crippen MR) is 130 cm³/mol. The van der Waals surface area contributed by atoms with Gasteiger partial charge >= 0.3 is 0 Å². The highest BCUT2D eigenvalue weighted by molar-refractivity contribution is 6.03. The normalized spacial score (nSPS) is 21.7. The summed E-state index contributed by atoms with van der Waals surface area (Å²) in [6.45, 7) is 2.48. The van der Waals surface area contributed by atoms with Crippen LogP contribution in [0, 0.1) is 0 Å². The minimum absolute atomic E-state index is 0.103. The van der Waals surface area contributed by atoms with Gasteiger partial charge in [0.1, 0.15) is 22.7 Å². The zero-order chi connectivity index (χ0) is 23.7. The van der Waals surface area contributed by atoms with E-state index >= 15 is 0 Å². The van der Waals surface area contributed by atoms with Gasteiger partial charge in [-0.1, -0.05) is 32.1 Å². The van der Waals surface area contributed by atoms with Gasteiger partial charge in [0.25, 0.3) is 5.91 Å². The number of nitrogens with zero attached hydrogens (tertiary/aromatic N) is 2. The van der Waals surface area contributed by atoms with E-state index in [1.807, 2.05) is 41.8 Å². The minimum Gasteiger partial charge on any atom is -0.497 e. The first-order valence-electron chi connectivity index (χ1n) is 12.3. The van der Waals surface area contributed by atoms with Crippen LogP contribution in [0.2, 0.25) is 0 Å². The lowest BCUT2D eigenvalue weighted by Gasteiger charge is -2.44. The predicted octanol–water partition coefficient (Wildman–Crippen LogP) is 4.89. The van der Waals surface area contributed by atoms with Crippen LogP contribution in [0.25, 0.3) is 10.9 Å². The Bertz CT molecular complexity index is 1170. The Morgan fingerprint density at radius 1 is 1.15 bits per heavy atom. The number of rotatable bonds is 5. The van der Waals surface area contributed by atoms with E-state index in [4.69, 9.17) is 9.15 Å². The molecule has 5 rings (SSSR count). The Hall–Kier alpha value is -3.22. The van der Waals surface area contributed by atoms with Crippen molar-refractivity contribution in [3.05, 3.63) is 54.1 Å². The molecular weight excluding hydrogens is 430 g/mol. The molecule has 180 valence electrons. The largest absolute Gasteiger partial charge is 0.497 e. The highest BCUT2D eigenvalue weighted by Crippen LogP contribution is 2.35. The Balaban J connectivity index is 1.52. The third-order valence-corrected chi connectivity index (χ3v) is 7.46. The molecule has 1 saturated carbocycles. The first-order chi connectivity index (χ1) is 16.5. The number of amides is 2. The van der Waals surface area contributed by atoms with Gasteiger partial charge in [0.05, 0.1) is 32.0 Å². The fourth-order valence-corrected chi connectivity index (χ4v) is 5.40. The Labute approximate surface area is 200 Å². The monoisotopic (exact) mass is 463 g/mol. The van der Waals surface area contributed by atoms with Crippen LogP contribution >= 0.6 is 0 Å². The van der Waals surface area contributed by atoms with Crippen molar-refractivity contribution in [2.45, 2.75) is 76.5 Å². The lowest BCUT2D eigenvalue weighted by molar-refractivity contribution is -0.134.